The average molecular weight is 266 g/mol. The van der Waals surface area contributed by atoms with Gasteiger partial charge < -0.3 is 4.57 Å². The van der Waals surface area contributed by atoms with Crippen LogP contribution < -0.4 is 22.5 Å². The lowest BCUT2D eigenvalue weighted by atomic mass is 10.4. The van der Waals surface area contributed by atoms with Crippen LogP contribution in [0.4, 0.5) is 5.95 Å². The monoisotopic (exact) mass is 266 g/mol. The van der Waals surface area contributed by atoms with Gasteiger partial charge in [-0.15, -0.1) is 0 Å². The van der Waals surface area contributed by atoms with Crippen molar-refractivity contribution in [2.75, 3.05) is 5.43 Å². The quantitative estimate of drug-likeness (QED) is 0.580. The van der Waals surface area contributed by atoms with Gasteiger partial charge in [-0.1, -0.05) is 6.92 Å². The highest BCUT2D eigenvalue weighted by Crippen LogP contribution is 2.13. The van der Waals surface area contributed by atoms with E-state index in [4.69, 9.17) is 5.84 Å². The van der Waals surface area contributed by atoms with E-state index in [0.29, 0.717) is 30.2 Å². The summed E-state index contributed by atoms with van der Waals surface area (Å²) in [6.45, 7) is 4.57. The smallest absolute Gasteiger partial charge is 0.306 e. The Balaban J connectivity index is 3.00. The van der Waals surface area contributed by atoms with Gasteiger partial charge in [-0.3, -0.25) is 19.4 Å². The second-order valence-electron chi connectivity index (χ2n) is 4.29. The molecule has 0 atom stereocenters. The molecule has 0 amide bonds. The minimum Gasteiger partial charge on any atom is -0.306 e. The van der Waals surface area contributed by atoms with Crippen molar-refractivity contribution in [1.82, 2.24) is 18.7 Å². The highest BCUT2D eigenvalue weighted by molar-refractivity contribution is 5.74. The van der Waals surface area contributed by atoms with Gasteiger partial charge in [0, 0.05) is 20.1 Å². The highest BCUT2D eigenvalue weighted by atomic mass is 16.2. The van der Waals surface area contributed by atoms with Gasteiger partial charge >= 0.3 is 5.69 Å². The SMILES string of the molecule is CCCn1c(=O)n(CC)c(=O)c2c1nc(NN)n2C. The zero-order valence-corrected chi connectivity index (χ0v) is 11.3. The lowest BCUT2D eigenvalue weighted by Crippen LogP contribution is -2.40. The number of hydrogen-bond acceptors (Lipinski definition) is 5. The zero-order chi connectivity index (χ0) is 14.2. The third-order valence-electron chi connectivity index (χ3n) is 3.13. The summed E-state index contributed by atoms with van der Waals surface area (Å²) in [6.07, 6.45) is 0.777. The molecule has 0 aromatic carbocycles. The highest BCUT2D eigenvalue weighted by Gasteiger charge is 2.18. The number of nitrogens with zero attached hydrogens (tertiary/aromatic N) is 4. The summed E-state index contributed by atoms with van der Waals surface area (Å²) in [4.78, 5) is 28.8. The van der Waals surface area contributed by atoms with Crippen molar-refractivity contribution in [3.8, 4) is 0 Å². The molecule has 0 unspecified atom stereocenters. The second-order valence-corrected chi connectivity index (χ2v) is 4.29. The van der Waals surface area contributed by atoms with E-state index in [0.717, 1.165) is 6.42 Å². The molecule has 104 valence electrons. The first-order valence-corrected chi connectivity index (χ1v) is 6.23. The fraction of sp³-hybridized carbons (Fsp3) is 0.545. The summed E-state index contributed by atoms with van der Waals surface area (Å²) in [5.74, 6) is 5.72. The number of nitrogens with two attached hydrogens (primary N) is 1. The molecule has 0 aliphatic heterocycles. The van der Waals surface area contributed by atoms with Crippen molar-refractivity contribution >= 4 is 17.1 Å². The van der Waals surface area contributed by atoms with Crippen LogP contribution in [0.3, 0.4) is 0 Å². The van der Waals surface area contributed by atoms with Crippen LogP contribution in [0.1, 0.15) is 20.3 Å². The van der Waals surface area contributed by atoms with E-state index in [1.54, 1.807) is 18.5 Å². The molecule has 0 radical (unpaired) electrons. The number of rotatable bonds is 4. The van der Waals surface area contributed by atoms with Gasteiger partial charge in [-0.25, -0.2) is 10.6 Å². The number of hydrazine groups is 1. The number of fused-ring (bicyclic) bond motifs is 1. The number of hydrogen-bond donors (Lipinski definition) is 2. The van der Waals surface area contributed by atoms with Crippen LogP contribution >= 0.6 is 0 Å². The number of anilines is 1. The van der Waals surface area contributed by atoms with E-state index < -0.39 is 0 Å². The number of aromatic nitrogens is 4. The van der Waals surface area contributed by atoms with Gasteiger partial charge in [0.15, 0.2) is 11.2 Å². The Bertz CT molecular complexity index is 723. The first kappa shape index (κ1) is 13.3. The van der Waals surface area contributed by atoms with Gasteiger partial charge in [0.1, 0.15) is 0 Å². The van der Waals surface area contributed by atoms with E-state index in [9.17, 15) is 9.59 Å². The van der Waals surface area contributed by atoms with Crippen molar-refractivity contribution < 1.29 is 0 Å². The Morgan fingerprint density at radius 3 is 2.47 bits per heavy atom. The van der Waals surface area contributed by atoms with Crippen LogP contribution in [0.25, 0.3) is 11.2 Å². The molecule has 3 N–H and O–H groups in total. The summed E-state index contributed by atoms with van der Waals surface area (Å²) in [7, 11) is 1.69. The minimum absolute atomic E-state index is 0.327. The van der Waals surface area contributed by atoms with Gasteiger partial charge in [0.05, 0.1) is 0 Å². The van der Waals surface area contributed by atoms with E-state index in [2.05, 4.69) is 10.4 Å². The van der Waals surface area contributed by atoms with E-state index in [1.807, 2.05) is 6.92 Å². The molecule has 0 aliphatic rings. The molecule has 2 aromatic heterocycles. The van der Waals surface area contributed by atoms with Crippen molar-refractivity contribution in [3.05, 3.63) is 20.8 Å². The summed E-state index contributed by atoms with van der Waals surface area (Å²) >= 11 is 0. The lowest BCUT2D eigenvalue weighted by Gasteiger charge is -2.09. The van der Waals surface area contributed by atoms with Crippen molar-refractivity contribution in [2.24, 2.45) is 12.9 Å². The van der Waals surface area contributed by atoms with E-state index in [1.165, 1.54) is 9.13 Å². The van der Waals surface area contributed by atoms with Crippen LogP contribution in [0.2, 0.25) is 0 Å². The van der Waals surface area contributed by atoms with Crippen LogP contribution in [-0.4, -0.2) is 18.7 Å². The maximum Gasteiger partial charge on any atom is 0.332 e. The number of nitrogens with one attached hydrogen (secondary N) is 1. The molecule has 0 aliphatic carbocycles. The van der Waals surface area contributed by atoms with Crippen molar-refractivity contribution in [2.45, 2.75) is 33.4 Å². The number of aryl methyl sites for hydroxylation is 2. The Kier molecular flexibility index (Phi) is 3.43. The maximum atomic E-state index is 12.3. The molecule has 0 spiro atoms. The molecule has 0 bridgehead atoms. The first-order valence-electron chi connectivity index (χ1n) is 6.23. The molecule has 2 rings (SSSR count). The van der Waals surface area contributed by atoms with Crippen LogP contribution in [0.5, 0.6) is 0 Å². The van der Waals surface area contributed by atoms with Gasteiger partial charge in [0.25, 0.3) is 5.56 Å². The minimum atomic E-state index is -0.341. The number of imidazole rings is 1. The fourth-order valence-corrected chi connectivity index (χ4v) is 2.20. The third kappa shape index (κ3) is 1.84. The molecule has 0 saturated carbocycles. The standard InChI is InChI=1S/C11H18N6O2/c1-4-6-17-8-7(15(3)10(13-8)14-12)9(18)16(5-2)11(17)19/h4-6,12H2,1-3H3,(H,13,14). The van der Waals surface area contributed by atoms with Gasteiger partial charge in [-0.2, -0.15) is 4.98 Å². The molecular formula is C11H18N6O2. The topological polar surface area (TPSA) is 99.9 Å². The third-order valence-corrected chi connectivity index (χ3v) is 3.13. The van der Waals surface area contributed by atoms with E-state index in [-0.39, 0.29) is 11.2 Å². The average Bonchev–Trinajstić information content (AvgIpc) is 2.72. The molecule has 2 aromatic rings. The Hall–Kier alpha value is -2.09. The summed E-state index contributed by atoms with van der Waals surface area (Å²) in [5.41, 5.74) is 2.50. The van der Waals surface area contributed by atoms with Crippen molar-refractivity contribution in [3.63, 3.8) is 0 Å². The lowest BCUT2D eigenvalue weighted by molar-refractivity contribution is 0.579. The predicted octanol–water partition coefficient (Wildman–Crippen LogP) is -0.388. The Labute approximate surface area is 109 Å². The second kappa shape index (κ2) is 4.88. The van der Waals surface area contributed by atoms with Crippen LogP contribution in [-0.2, 0) is 20.1 Å². The van der Waals surface area contributed by atoms with E-state index >= 15 is 0 Å². The summed E-state index contributed by atoms with van der Waals surface area (Å²) < 4.78 is 4.29. The molecule has 8 nitrogen and oxygen atoms in total. The van der Waals surface area contributed by atoms with Gasteiger partial charge in [0.2, 0.25) is 5.95 Å². The molecule has 2 heterocycles. The summed E-state index contributed by atoms with van der Waals surface area (Å²) in [5, 5.41) is 0. The Morgan fingerprint density at radius 2 is 1.95 bits per heavy atom. The molecule has 8 heteroatoms. The molecule has 19 heavy (non-hydrogen) atoms. The first-order chi connectivity index (χ1) is 9.06. The maximum absolute atomic E-state index is 12.3. The molecule has 0 fully saturated rings. The number of nitrogen functional groups attached to an aromatic ring is 1. The molecular weight excluding hydrogens is 248 g/mol. The van der Waals surface area contributed by atoms with Crippen LogP contribution in [0, 0.1) is 0 Å². The van der Waals surface area contributed by atoms with Crippen LogP contribution in [0.15, 0.2) is 9.59 Å². The van der Waals surface area contributed by atoms with Crippen molar-refractivity contribution in [1.29, 1.82) is 0 Å². The molecule has 0 saturated heterocycles. The van der Waals surface area contributed by atoms with Gasteiger partial charge in [-0.05, 0) is 13.3 Å². The zero-order valence-electron chi connectivity index (χ0n) is 11.3. The predicted molar refractivity (Wildman–Crippen MR) is 73.0 cm³/mol. The largest absolute Gasteiger partial charge is 0.332 e. The Morgan fingerprint density at radius 1 is 1.26 bits per heavy atom. The normalized spacial score (nSPS) is 11.2. The fourth-order valence-electron chi connectivity index (χ4n) is 2.20. The summed E-state index contributed by atoms with van der Waals surface area (Å²) in [6, 6.07) is 0.